The normalized spacial score (nSPS) is 22.1. The summed E-state index contributed by atoms with van der Waals surface area (Å²) >= 11 is 0. The molecule has 330 valence electrons. The molecule has 5 heterocycles. The fourth-order valence-electron chi connectivity index (χ4n) is 10.6. The van der Waals surface area contributed by atoms with Gasteiger partial charge in [0.2, 0.25) is 29.3 Å². The van der Waals surface area contributed by atoms with Gasteiger partial charge in [-0.25, -0.2) is 9.97 Å². The van der Waals surface area contributed by atoms with Crippen LogP contribution in [0.1, 0.15) is 89.0 Å². The highest BCUT2D eigenvalue weighted by Crippen LogP contribution is 2.49. The fourth-order valence-corrected chi connectivity index (χ4v) is 10.6. The van der Waals surface area contributed by atoms with E-state index in [2.05, 4.69) is 20.3 Å². The number of rotatable bonds is 9. The molecule has 1 amide bonds. The number of aliphatic carboxylic acids is 1. The Hall–Kier alpha value is -5.75. The number of hydrogen-bond acceptors (Lipinski definition) is 10. The number of amides is 1. The van der Waals surface area contributed by atoms with Crippen LogP contribution in [0, 0.1) is 12.8 Å². The number of carboxylic acid groups (broad SMARTS) is 1. The molecule has 3 fully saturated rings. The van der Waals surface area contributed by atoms with E-state index < -0.39 is 47.5 Å². The van der Waals surface area contributed by atoms with Gasteiger partial charge in [-0.2, -0.15) is 31.3 Å². The van der Waals surface area contributed by atoms with E-state index in [1.807, 2.05) is 28.9 Å². The highest BCUT2D eigenvalue weighted by Gasteiger charge is 2.49. The van der Waals surface area contributed by atoms with E-state index in [1.54, 1.807) is 30.3 Å². The summed E-state index contributed by atoms with van der Waals surface area (Å²) in [5.74, 6) is -2.33. The van der Waals surface area contributed by atoms with Crippen LogP contribution in [-0.4, -0.2) is 80.6 Å². The van der Waals surface area contributed by atoms with Crippen LogP contribution in [0.15, 0.2) is 46.9 Å². The molecule has 18 heteroatoms. The van der Waals surface area contributed by atoms with Crippen molar-refractivity contribution in [1.29, 1.82) is 0 Å². The molecule has 3 saturated heterocycles. The third-order valence-corrected chi connectivity index (χ3v) is 13.5. The Morgan fingerprint density at radius 2 is 1.67 bits per heavy atom. The van der Waals surface area contributed by atoms with Crippen LogP contribution in [0.5, 0.6) is 11.8 Å². The number of carboxylic acids is 1. The van der Waals surface area contributed by atoms with Crippen LogP contribution in [-0.2, 0) is 41.3 Å². The second-order valence-electron chi connectivity index (χ2n) is 17.4. The van der Waals surface area contributed by atoms with Gasteiger partial charge >= 0.3 is 18.3 Å². The van der Waals surface area contributed by atoms with Gasteiger partial charge in [-0.05, 0) is 103 Å². The van der Waals surface area contributed by atoms with Crippen LogP contribution in [0.2, 0.25) is 0 Å². The van der Waals surface area contributed by atoms with Gasteiger partial charge in [0.25, 0.3) is 0 Å². The molecule has 3 aromatic carbocycles. The van der Waals surface area contributed by atoms with Gasteiger partial charge in [-0.1, -0.05) is 30.3 Å². The molecule has 1 spiro atoms. The molecule has 0 saturated carbocycles. The molecule has 2 N–H and O–H groups in total. The van der Waals surface area contributed by atoms with E-state index >= 15 is 0 Å². The molecule has 0 radical (unpaired) electrons. The Kier molecular flexibility index (Phi) is 9.78. The summed E-state index contributed by atoms with van der Waals surface area (Å²) in [6, 6.07) is 12.1. The first kappa shape index (κ1) is 41.3. The lowest BCUT2D eigenvalue weighted by molar-refractivity contribution is -0.144. The van der Waals surface area contributed by atoms with Crippen LogP contribution >= 0.6 is 0 Å². The lowest BCUT2D eigenvalue weighted by Crippen LogP contribution is -2.66. The number of halogens is 6. The van der Waals surface area contributed by atoms with Crippen LogP contribution in [0.25, 0.3) is 33.7 Å². The highest BCUT2D eigenvalue weighted by atomic mass is 19.4. The quantitative estimate of drug-likeness (QED) is 0.138. The lowest BCUT2D eigenvalue weighted by Gasteiger charge is -2.47. The summed E-state index contributed by atoms with van der Waals surface area (Å²) in [5, 5.41) is 12.5. The first-order valence-electron chi connectivity index (χ1n) is 20.9. The van der Waals surface area contributed by atoms with Crippen molar-refractivity contribution in [2.45, 2.75) is 88.5 Å². The minimum atomic E-state index is -4.90. The van der Waals surface area contributed by atoms with Crippen molar-refractivity contribution >= 4 is 23.0 Å². The number of carbonyl (C=O) groups is 2. The second kappa shape index (κ2) is 14.9. The maximum absolute atomic E-state index is 14.9. The largest absolute Gasteiger partial charge is 0.481 e. The lowest BCUT2D eigenvalue weighted by atomic mass is 9.88. The summed E-state index contributed by atoms with van der Waals surface area (Å²) in [5.41, 5.74) is 1.99. The molecule has 5 aromatic rings. The molecule has 12 nitrogen and oxygen atoms in total. The van der Waals surface area contributed by atoms with E-state index in [9.17, 15) is 41.0 Å². The van der Waals surface area contributed by atoms with Crippen molar-refractivity contribution in [2.24, 2.45) is 5.92 Å². The number of carbonyl (C=O) groups excluding carboxylic acids is 1. The minimum absolute atomic E-state index is 0.000403. The number of methoxy groups -OCH3 is 1. The Labute approximate surface area is 356 Å². The fraction of sp³-hybridized carbons (Fsp3) is 0.444. The van der Waals surface area contributed by atoms with Crippen molar-refractivity contribution in [3.63, 3.8) is 0 Å². The number of likely N-dealkylation sites (tertiary alicyclic amines) is 2. The molecule has 5 aliphatic rings. The predicted octanol–water partition coefficient (Wildman–Crippen LogP) is 8.23. The van der Waals surface area contributed by atoms with E-state index in [4.69, 9.17) is 13.9 Å². The van der Waals surface area contributed by atoms with Crippen molar-refractivity contribution in [2.75, 3.05) is 33.3 Å². The average Bonchev–Trinajstić information content (AvgIpc) is 4.07. The summed E-state index contributed by atoms with van der Waals surface area (Å²) in [4.78, 5) is 40.1. The van der Waals surface area contributed by atoms with Gasteiger partial charge in [0.1, 0.15) is 22.9 Å². The van der Waals surface area contributed by atoms with Crippen molar-refractivity contribution in [1.82, 2.24) is 30.1 Å². The molecular formula is C45H42F6N6O6. The number of fused-ring (bicyclic) bond motifs is 3. The molecule has 63 heavy (non-hydrogen) atoms. The second-order valence-corrected chi connectivity index (χ2v) is 17.4. The van der Waals surface area contributed by atoms with E-state index in [1.165, 1.54) is 7.11 Å². The first-order valence-corrected chi connectivity index (χ1v) is 20.9. The van der Waals surface area contributed by atoms with Crippen molar-refractivity contribution < 1.29 is 54.9 Å². The predicted molar refractivity (Wildman–Crippen MR) is 214 cm³/mol. The first-order chi connectivity index (χ1) is 30.0. The number of ether oxygens (including phenoxy) is 2. The van der Waals surface area contributed by atoms with Gasteiger partial charge < -0.3 is 24.3 Å². The van der Waals surface area contributed by atoms with Crippen LogP contribution in [0.4, 0.5) is 26.3 Å². The molecule has 10 rings (SSSR count). The number of nitrogens with zero attached hydrogens (tertiary/aromatic N) is 5. The average molecular weight is 877 g/mol. The number of hydrogen-bond donors (Lipinski definition) is 2. The van der Waals surface area contributed by atoms with Gasteiger partial charge in [-0.3, -0.25) is 19.4 Å². The van der Waals surface area contributed by atoms with Gasteiger partial charge in [0, 0.05) is 44.2 Å². The topological polar surface area (TPSA) is 143 Å². The zero-order chi connectivity index (χ0) is 44.2. The molecule has 0 bridgehead atoms. The van der Waals surface area contributed by atoms with E-state index in [0.717, 1.165) is 16.7 Å². The zero-order valence-electron chi connectivity index (χ0n) is 34.3. The molecular weight excluding hydrogens is 835 g/mol. The number of aromatic nitrogens is 3. The molecule has 2 aliphatic carbocycles. The maximum Gasteiger partial charge on any atom is 0.438 e. The van der Waals surface area contributed by atoms with Gasteiger partial charge in [-0.15, -0.1) is 0 Å². The van der Waals surface area contributed by atoms with E-state index in [-0.39, 0.29) is 71.1 Å². The Morgan fingerprint density at radius 3 is 2.37 bits per heavy atom. The third kappa shape index (κ3) is 7.14. The number of alkyl halides is 6. The summed E-state index contributed by atoms with van der Waals surface area (Å²) in [7, 11) is 1.30. The van der Waals surface area contributed by atoms with Crippen LogP contribution in [0.3, 0.4) is 0 Å². The molecule has 0 unspecified atom stereocenters. The third-order valence-electron chi connectivity index (χ3n) is 13.5. The molecule has 2 aromatic heterocycles. The van der Waals surface area contributed by atoms with Gasteiger partial charge in [0.05, 0.1) is 18.6 Å². The smallest absolute Gasteiger partial charge is 0.438 e. The minimum Gasteiger partial charge on any atom is -0.481 e. The van der Waals surface area contributed by atoms with E-state index in [0.29, 0.717) is 80.4 Å². The summed E-state index contributed by atoms with van der Waals surface area (Å²) in [6.07, 6.45) is -7.56. The zero-order valence-corrected chi connectivity index (χ0v) is 34.3. The Morgan fingerprint density at radius 1 is 0.921 bits per heavy atom. The molecule has 3 atom stereocenters. The Balaban J connectivity index is 0.945. The summed E-state index contributed by atoms with van der Waals surface area (Å²) < 4.78 is 106. The summed E-state index contributed by atoms with van der Waals surface area (Å²) in [6.45, 7) is 3.54. The van der Waals surface area contributed by atoms with Gasteiger partial charge in [0.15, 0.2) is 5.58 Å². The maximum atomic E-state index is 14.9. The van der Waals surface area contributed by atoms with Crippen LogP contribution < -0.4 is 14.8 Å². The monoisotopic (exact) mass is 876 g/mol. The highest BCUT2D eigenvalue weighted by molar-refractivity contribution is 5.85. The number of oxazole rings is 1. The number of benzene rings is 3. The molecule has 3 aliphatic heterocycles. The number of nitrogens with one attached hydrogen (secondary N) is 1. The SMILES string of the molecule is COc1nc(O[C@H]2CCc3c(-c4cccc(-c5nc6cc7c(c(C(F)(F)F)c6o5)CC[C@H]7N5CC[C@@H](C(=O)O)C5)c4C)cccc32)c(C(F)(F)F)nc1CN1CC2(CCC(=O)N2)C1. The van der Waals surface area contributed by atoms with Crippen molar-refractivity contribution in [3.8, 4) is 34.3 Å². The van der Waals surface area contributed by atoms with Crippen molar-refractivity contribution in [3.05, 3.63) is 87.2 Å². The standard InChI is InChI=1S/C45H42F6N6O6/c1-22-24(5-3-6-25(22)39-53-31-17-30-29(36(37(31)63-39)44(46,47)48)9-11-33(30)57-16-14-23(18-57)42(59)60)26-7-4-8-28-27(26)10-12-34(28)62-41-38(45(49,50)51)52-32(40(54-41)61-2)19-56-20-43(21-56)15-13-35(58)55-43/h3-8,17,23,33-34H,9-16,18-21H2,1-2H3,(H,55,58)(H,59,60)/t23-,33-,34+/m1/s1. The Bertz CT molecular complexity index is 2690.